The van der Waals surface area contributed by atoms with Crippen molar-refractivity contribution in [3.05, 3.63) is 54.1 Å². The molecule has 0 aliphatic rings. The summed E-state index contributed by atoms with van der Waals surface area (Å²) in [6, 6.07) is 8.96. The second-order valence-electron chi connectivity index (χ2n) is 3.62. The Morgan fingerprint density at radius 2 is 1.72 bits per heavy atom. The van der Waals surface area contributed by atoms with E-state index in [1.165, 1.54) is 30.3 Å². The summed E-state index contributed by atoms with van der Waals surface area (Å²) in [7, 11) is -1.88. The van der Waals surface area contributed by atoms with E-state index in [4.69, 9.17) is 14.8 Å². The van der Waals surface area contributed by atoms with Gasteiger partial charge in [0.2, 0.25) is 0 Å². The SMILES string of the molecule is OB(O)c1ccc(Oc2cccc(F)c2)cc1F.[HH].[HH]. The summed E-state index contributed by atoms with van der Waals surface area (Å²) < 4.78 is 31.5. The Morgan fingerprint density at radius 1 is 1.00 bits per heavy atom. The van der Waals surface area contributed by atoms with Crippen LogP contribution in [0, 0.1) is 11.6 Å². The van der Waals surface area contributed by atoms with Crippen LogP contribution in [0.25, 0.3) is 0 Å². The van der Waals surface area contributed by atoms with Gasteiger partial charge in [-0.25, -0.2) is 8.78 Å². The van der Waals surface area contributed by atoms with Crippen LogP contribution in [0.1, 0.15) is 2.85 Å². The molecule has 18 heavy (non-hydrogen) atoms. The lowest BCUT2D eigenvalue weighted by Gasteiger charge is -2.07. The van der Waals surface area contributed by atoms with E-state index in [1.807, 2.05) is 0 Å². The number of halogens is 2. The third-order valence-corrected chi connectivity index (χ3v) is 2.28. The fourth-order valence-corrected chi connectivity index (χ4v) is 1.45. The summed E-state index contributed by atoms with van der Waals surface area (Å²) in [5.41, 5.74) is -0.249. The molecule has 0 heterocycles. The van der Waals surface area contributed by atoms with Gasteiger partial charge in [-0.1, -0.05) is 12.1 Å². The van der Waals surface area contributed by atoms with E-state index in [0.717, 1.165) is 12.1 Å². The van der Waals surface area contributed by atoms with Gasteiger partial charge in [0.05, 0.1) is 0 Å². The molecule has 0 radical (unpaired) electrons. The quantitative estimate of drug-likeness (QED) is 0.823. The van der Waals surface area contributed by atoms with Gasteiger partial charge < -0.3 is 14.8 Å². The molecule has 0 saturated heterocycles. The predicted molar refractivity (Wildman–Crippen MR) is 66.9 cm³/mol. The molecule has 2 aromatic carbocycles. The van der Waals surface area contributed by atoms with Crippen molar-refractivity contribution in [1.82, 2.24) is 0 Å². The Balaban J connectivity index is 0.00000180. The van der Waals surface area contributed by atoms with Crippen molar-refractivity contribution >= 4 is 12.6 Å². The third-order valence-electron chi connectivity index (χ3n) is 2.28. The molecular formula is C12H13BF2O3. The molecule has 3 nitrogen and oxygen atoms in total. The van der Waals surface area contributed by atoms with Gasteiger partial charge >= 0.3 is 7.12 Å². The lowest BCUT2D eigenvalue weighted by atomic mass is 9.80. The van der Waals surface area contributed by atoms with Gasteiger partial charge in [-0.3, -0.25) is 0 Å². The minimum absolute atomic E-state index is 0. The average molecular weight is 254 g/mol. The third kappa shape index (κ3) is 2.85. The summed E-state index contributed by atoms with van der Waals surface area (Å²) in [5, 5.41) is 17.7. The van der Waals surface area contributed by atoms with E-state index in [1.54, 1.807) is 0 Å². The number of hydrogen-bond donors (Lipinski definition) is 2. The zero-order valence-corrected chi connectivity index (χ0v) is 9.18. The zero-order valence-electron chi connectivity index (χ0n) is 9.18. The van der Waals surface area contributed by atoms with Crippen LogP contribution < -0.4 is 10.2 Å². The first-order chi connectivity index (χ1) is 8.56. The fraction of sp³-hybridized carbons (Fsp3) is 0. The maximum absolute atomic E-state index is 13.4. The Labute approximate surface area is 105 Å². The minimum Gasteiger partial charge on any atom is -0.457 e. The largest absolute Gasteiger partial charge is 0.491 e. The zero-order chi connectivity index (χ0) is 13.1. The molecule has 0 fully saturated rings. The molecular weight excluding hydrogens is 241 g/mol. The van der Waals surface area contributed by atoms with Crippen LogP contribution in [0.5, 0.6) is 11.5 Å². The molecule has 2 rings (SSSR count). The van der Waals surface area contributed by atoms with E-state index in [9.17, 15) is 8.78 Å². The van der Waals surface area contributed by atoms with Crippen molar-refractivity contribution in [3.63, 3.8) is 0 Å². The van der Waals surface area contributed by atoms with Gasteiger partial charge in [0.25, 0.3) is 0 Å². The van der Waals surface area contributed by atoms with E-state index in [0.29, 0.717) is 0 Å². The fourth-order valence-electron chi connectivity index (χ4n) is 1.45. The molecule has 2 aromatic rings. The average Bonchev–Trinajstić information content (AvgIpc) is 2.28. The maximum Gasteiger partial charge on any atom is 0.491 e. The van der Waals surface area contributed by atoms with E-state index in [-0.39, 0.29) is 19.8 Å². The first-order valence-corrected chi connectivity index (χ1v) is 5.15. The van der Waals surface area contributed by atoms with Crippen LogP contribution in [0.3, 0.4) is 0 Å². The monoisotopic (exact) mass is 254 g/mol. The van der Waals surface area contributed by atoms with Gasteiger partial charge in [-0.2, -0.15) is 0 Å². The van der Waals surface area contributed by atoms with Gasteiger partial charge in [-0.15, -0.1) is 0 Å². The van der Waals surface area contributed by atoms with Gasteiger partial charge in [0.15, 0.2) is 0 Å². The van der Waals surface area contributed by atoms with Gasteiger partial charge in [0.1, 0.15) is 23.1 Å². The van der Waals surface area contributed by atoms with Crippen LogP contribution in [0.4, 0.5) is 8.78 Å². The highest BCUT2D eigenvalue weighted by atomic mass is 19.1. The van der Waals surface area contributed by atoms with Crippen molar-refractivity contribution in [2.45, 2.75) is 0 Å². The first-order valence-electron chi connectivity index (χ1n) is 5.15. The molecule has 0 amide bonds. The van der Waals surface area contributed by atoms with E-state index < -0.39 is 18.8 Å². The molecule has 0 spiro atoms. The second kappa shape index (κ2) is 5.16. The summed E-state index contributed by atoms with van der Waals surface area (Å²) in [6.45, 7) is 0. The molecule has 0 aliphatic carbocycles. The molecule has 2 N–H and O–H groups in total. The van der Waals surface area contributed by atoms with Crippen LogP contribution in [-0.4, -0.2) is 17.2 Å². The lowest BCUT2D eigenvalue weighted by Crippen LogP contribution is -2.32. The van der Waals surface area contributed by atoms with Crippen molar-refractivity contribution < 1.29 is 26.4 Å². The molecule has 0 saturated carbocycles. The van der Waals surface area contributed by atoms with Crippen LogP contribution in [-0.2, 0) is 0 Å². The number of benzene rings is 2. The summed E-state index contributed by atoms with van der Waals surface area (Å²) in [4.78, 5) is 0. The molecule has 96 valence electrons. The molecule has 0 aliphatic heterocycles. The van der Waals surface area contributed by atoms with Crippen molar-refractivity contribution in [3.8, 4) is 11.5 Å². The van der Waals surface area contributed by atoms with E-state index >= 15 is 0 Å². The summed E-state index contributed by atoms with van der Waals surface area (Å²) >= 11 is 0. The second-order valence-corrected chi connectivity index (χ2v) is 3.62. The molecule has 6 heteroatoms. The van der Waals surface area contributed by atoms with Crippen LogP contribution in [0.15, 0.2) is 42.5 Å². The summed E-state index contributed by atoms with van der Waals surface area (Å²) in [5.74, 6) is -0.900. The highest BCUT2D eigenvalue weighted by Crippen LogP contribution is 2.21. The van der Waals surface area contributed by atoms with Gasteiger partial charge in [0, 0.05) is 20.4 Å². The van der Waals surface area contributed by atoms with Crippen LogP contribution in [0.2, 0.25) is 0 Å². The van der Waals surface area contributed by atoms with Gasteiger partial charge in [-0.05, 0) is 18.2 Å². The maximum atomic E-state index is 13.4. The minimum atomic E-state index is -1.88. The molecule has 0 aromatic heterocycles. The van der Waals surface area contributed by atoms with Crippen molar-refractivity contribution in [2.75, 3.05) is 0 Å². The lowest BCUT2D eigenvalue weighted by molar-refractivity contribution is 0.422. The number of ether oxygens (including phenoxy) is 1. The highest BCUT2D eigenvalue weighted by Gasteiger charge is 2.16. The first kappa shape index (κ1) is 12.5. The standard InChI is InChI=1S/C12H9BF2O3.2H2/c14-8-2-1-3-9(6-8)18-10-4-5-11(13(16)17)12(15)7-10;;/h1-7,16-17H;2*1H. The Bertz CT molecular complexity index is 570. The normalized spacial score (nSPS) is 10.2. The van der Waals surface area contributed by atoms with Crippen molar-refractivity contribution in [1.29, 1.82) is 0 Å². The molecule has 0 atom stereocenters. The smallest absolute Gasteiger partial charge is 0.457 e. The van der Waals surface area contributed by atoms with Crippen molar-refractivity contribution in [2.24, 2.45) is 0 Å². The summed E-state index contributed by atoms with van der Waals surface area (Å²) in [6.07, 6.45) is 0. The Morgan fingerprint density at radius 3 is 2.33 bits per heavy atom. The Hall–Kier alpha value is -1.92. The van der Waals surface area contributed by atoms with Crippen LogP contribution >= 0.6 is 0 Å². The number of hydrogen-bond acceptors (Lipinski definition) is 3. The topological polar surface area (TPSA) is 49.7 Å². The Kier molecular flexibility index (Phi) is 3.59. The number of rotatable bonds is 3. The highest BCUT2D eigenvalue weighted by molar-refractivity contribution is 6.58. The van der Waals surface area contributed by atoms with E-state index in [2.05, 4.69) is 0 Å². The molecule has 0 bridgehead atoms. The predicted octanol–water partition coefficient (Wildman–Crippen LogP) is 1.93. The molecule has 0 unspecified atom stereocenters.